The molecule has 4 heterocycles. The predicted molar refractivity (Wildman–Crippen MR) is 121 cm³/mol. The summed E-state index contributed by atoms with van der Waals surface area (Å²) in [4.78, 5) is 0.470. The first-order chi connectivity index (χ1) is 15.9. The van der Waals surface area contributed by atoms with Crippen molar-refractivity contribution >= 4 is 21.2 Å². The molecule has 0 saturated carbocycles. The molecule has 4 N–H and O–H groups in total. The molecular formula is C24H28N2O6S. The number of hydrogen-bond donors (Lipinski definition) is 2. The Kier molecular flexibility index (Phi) is 5.15. The summed E-state index contributed by atoms with van der Waals surface area (Å²) in [6.45, 7) is 2.61. The molecule has 2 aromatic carbocycles. The number of benzene rings is 2. The van der Waals surface area contributed by atoms with Gasteiger partial charge >= 0.3 is 0 Å². The molecule has 4 unspecified atom stereocenters. The molecule has 9 heteroatoms. The number of hydrogen-bond acceptors (Lipinski definition) is 8. The lowest BCUT2D eigenvalue weighted by Gasteiger charge is -2.25. The average molecular weight is 473 g/mol. The van der Waals surface area contributed by atoms with Crippen LogP contribution in [0.3, 0.4) is 0 Å². The van der Waals surface area contributed by atoms with E-state index >= 15 is 0 Å². The summed E-state index contributed by atoms with van der Waals surface area (Å²) >= 11 is 0. The molecule has 0 radical (unpaired) electrons. The normalized spacial score (nSPS) is 27.4. The fraction of sp³-hybridized carbons (Fsp3) is 0.500. The zero-order chi connectivity index (χ0) is 22.7. The second kappa shape index (κ2) is 7.95. The summed E-state index contributed by atoms with van der Waals surface area (Å²) in [6.07, 6.45) is 2.49. The van der Waals surface area contributed by atoms with Crippen LogP contribution in [0.4, 0.5) is 11.4 Å². The van der Waals surface area contributed by atoms with Crippen molar-refractivity contribution in [2.24, 2.45) is 0 Å². The molecule has 4 aliphatic rings. The molecule has 6 rings (SSSR count). The van der Waals surface area contributed by atoms with E-state index in [0.29, 0.717) is 73.9 Å². The Balaban J connectivity index is 1.60. The van der Waals surface area contributed by atoms with Gasteiger partial charge in [0.2, 0.25) is 9.84 Å². The van der Waals surface area contributed by atoms with Crippen LogP contribution in [-0.4, -0.2) is 59.3 Å². The topological polar surface area (TPSA) is 136 Å². The van der Waals surface area contributed by atoms with Gasteiger partial charge in [0.05, 0.1) is 60.6 Å². The second-order valence-electron chi connectivity index (χ2n) is 9.37. The van der Waals surface area contributed by atoms with Gasteiger partial charge in [0.15, 0.2) is 0 Å². The van der Waals surface area contributed by atoms with E-state index in [1.807, 2.05) is 0 Å². The van der Waals surface area contributed by atoms with Gasteiger partial charge in [-0.25, -0.2) is 8.42 Å². The highest BCUT2D eigenvalue weighted by atomic mass is 32.2. The zero-order valence-corrected chi connectivity index (χ0v) is 19.1. The lowest BCUT2D eigenvalue weighted by Crippen LogP contribution is -2.21. The van der Waals surface area contributed by atoms with Gasteiger partial charge in [0.25, 0.3) is 0 Å². The van der Waals surface area contributed by atoms with Crippen LogP contribution >= 0.6 is 0 Å². The summed E-state index contributed by atoms with van der Waals surface area (Å²) in [5, 5.41) is 0. The molecule has 4 atom stereocenters. The molecule has 0 spiro atoms. The Morgan fingerprint density at radius 3 is 1.73 bits per heavy atom. The molecule has 4 aliphatic heterocycles. The van der Waals surface area contributed by atoms with Gasteiger partial charge in [0, 0.05) is 37.1 Å². The Bertz CT molecular complexity index is 1200. The minimum atomic E-state index is -3.89. The quantitative estimate of drug-likeness (QED) is 0.392. The van der Waals surface area contributed by atoms with E-state index in [4.69, 9.17) is 30.4 Å². The summed E-state index contributed by atoms with van der Waals surface area (Å²) in [5.41, 5.74) is 17.1. The Hall–Kier alpha value is -2.17. The maximum Gasteiger partial charge on any atom is 0.207 e. The second-order valence-corrected chi connectivity index (χ2v) is 11.3. The van der Waals surface area contributed by atoms with Crippen molar-refractivity contribution in [2.45, 2.75) is 59.9 Å². The van der Waals surface area contributed by atoms with Crippen molar-refractivity contribution < 1.29 is 27.4 Å². The Morgan fingerprint density at radius 2 is 1.21 bits per heavy atom. The lowest BCUT2D eigenvalue weighted by molar-refractivity contribution is 0.396. The molecule has 4 fully saturated rings. The Labute approximate surface area is 193 Å². The number of ether oxygens (including phenoxy) is 4. The first-order valence-corrected chi connectivity index (χ1v) is 12.9. The smallest absolute Gasteiger partial charge is 0.207 e. The SMILES string of the molecule is Nc1cccc(S(=O)(=O)c2c(CC3CO3)c(N)c(CC3CO3)c(CC3CO3)c2CC2CO2)c1. The number of nitrogen functional groups attached to an aromatic ring is 2. The molecule has 8 nitrogen and oxygen atoms in total. The largest absolute Gasteiger partial charge is 0.399 e. The van der Waals surface area contributed by atoms with E-state index in [2.05, 4.69) is 0 Å². The zero-order valence-electron chi connectivity index (χ0n) is 18.3. The summed E-state index contributed by atoms with van der Waals surface area (Å²) in [5.74, 6) is 0. The highest BCUT2D eigenvalue weighted by Gasteiger charge is 2.39. The van der Waals surface area contributed by atoms with Crippen molar-refractivity contribution in [2.75, 3.05) is 37.9 Å². The van der Waals surface area contributed by atoms with Crippen molar-refractivity contribution in [3.05, 3.63) is 46.5 Å². The third kappa shape index (κ3) is 4.48. The van der Waals surface area contributed by atoms with Crippen molar-refractivity contribution in [1.82, 2.24) is 0 Å². The molecule has 0 aromatic heterocycles. The monoisotopic (exact) mass is 472 g/mol. The maximum absolute atomic E-state index is 14.1. The first-order valence-electron chi connectivity index (χ1n) is 11.4. The number of epoxide rings is 4. The van der Waals surface area contributed by atoms with E-state index in [1.165, 1.54) is 6.07 Å². The van der Waals surface area contributed by atoms with E-state index in [-0.39, 0.29) is 29.3 Å². The van der Waals surface area contributed by atoms with Crippen LogP contribution in [0.1, 0.15) is 22.3 Å². The number of rotatable bonds is 10. The van der Waals surface area contributed by atoms with E-state index in [9.17, 15) is 8.42 Å². The first kappa shape index (κ1) is 21.4. The van der Waals surface area contributed by atoms with Crippen LogP contribution in [0.2, 0.25) is 0 Å². The number of anilines is 2. The van der Waals surface area contributed by atoms with E-state index < -0.39 is 9.84 Å². The minimum Gasteiger partial charge on any atom is -0.399 e. The third-order valence-electron chi connectivity index (χ3n) is 6.70. The molecule has 4 saturated heterocycles. The number of sulfone groups is 1. The summed E-state index contributed by atoms with van der Waals surface area (Å²) < 4.78 is 50.4. The molecule has 33 heavy (non-hydrogen) atoms. The predicted octanol–water partition coefficient (Wildman–Crippen LogP) is 1.45. The summed E-state index contributed by atoms with van der Waals surface area (Å²) in [7, 11) is -3.89. The molecule has 0 aliphatic carbocycles. The number of nitrogens with two attached hydrogens (primary N) is 2. The van der Waals surface area contributed by atoms with Gasteiger partial charge in [-0.05, 0) is 40.5 Å². The molecule has 0 amide bonds. The van der Waals surface area contributed by atoms with Crippen molar-refractivity contribution in [3.63, 3.8) is 0 Å². The maximum atomic E-state index is 14.1. The van der Waals surface area contributed by atoms with Crippen LogP contribution in [0.5, 0.6) is 0 Å². The van der Waals surface area contributed by atoms with E-state index in [1.54, 1.807) is 18.2 Å². The van der Waals surface area contributed by atoms with Crippen molar-refractivity contribution in [3.8, 4) is 0 Å². The van der Waals surface area contributed by atoms with E-state index in [0.717, 1.165) is 16.7 Å². The van der Waals surface area contributed by atoms with Crippen LogP contribution in [0.25, 0.3) is 0 Å². The summed E-state index contributed by atoms with van der Waals surface area (Å²) in [6, 6.07) is 6.44. The fourth-order valence-corrected chi connectivity index (χ4v) is 6.48. The average Bonchev–Trinajstić information content (AvgIpc) is 3.61. The van der Waals surface area contributed by atoms with Gasteiger partial charge < -0.3 is 30.4 Å². The standard InChI is InChI=1S/C24H28N2O6S/c25-13-2-1-3-18(4-13)33(27,28)24-21(7-16-11-31-16)19(5-14-9-29-14)20(6-15-10-30-15)23(26)22(24)8-17-12-32-17/h1-4,14-17H,5-12,25-26H2. The molecule has 176 valence electrons. The van der Waals surface area contributed by atoms with Gasteiger partial charge in [-0.2, -0.15) is 0 Å². The highest BCUT2D eigenvalue weighted by Crippen LogP contribution is 2.42. The highest BCUT2D eigenvalue weighted by molar-refractivity contribution is 7.91. The van der Waals surface area contributed by atoms with Crippen LogP contribution < -0.4 is 11.5 Å². The van der Waals surface area contributed by atoms with Gasteiger partial charge in [-0.3, -0.25) is 0 Å². The van der Waals surface area contributed by atoms with Crippen molar-refractivity contribution in [1.29, 1.82) is 0 Å². The minimum absolute atomic E-state index is 0.0114. The fourth-order valence-electron chi connectivity index (χ4n) is 4.64. The van der Waals surface area contributed by atoms with Crippen LogP contribution in [0.15, 0.2) is 34.1 Å². The molecule has 0 bridgehead atoms. The third-order valence-corrected chi connectivity index (χ3v) is 8.61. The van der Waals surface area contributed by atoms with Gasteiger partial charge in [0.1, 0.15) is 0 Å². The van der Waals surface area contributed by atoms with Gasteiger partial charge in [-0.15, -0.1) is 0 Å². The molecule has 2 aromatic rings. The molecular weight excluding hydrogens is 444 g/mol. The van der Waals surface area contributed by atoms with Crippen LogP contribution in [-0.2, 0) is 54.5 Å². The lowest BCUT2D eigenvalue weighted by atomic mass is 9.87. The van der Waals surface area contributed by atoms with Gasteiger partial charge in [-0.1, -0.05) is 6.07 Å². The Morgan fingerprint density at radius 1 is 0.727 bits per heavy atom. The van der Waals surface area contributed by atoms with Crippen LogP contribution in [0, 0.1) is 0 Å².